The summed E-state index contributed by atoms with van der Waals surface area (Å²) in [6.07, 6.45) is 2.04. The molecule has 2 aromatic rings. The number of rotatable bonds is 9. The predicted molar refractivity (Wildman–Crippen MR) is 109 cm³/mol. The summed E-state index contributed by atoms with van der Waals surface area (Å²) >= 11 is 13.7. The molecule has 0 fully saturated rings. The molecule has 0 spiro atoms. The summed E-state index contributed by atoms with van der Waals surface area (Å²) < 4.78 is 2.02. The molecule has 0 aliphatic heterocycles. The molecular weight excluding hydrogens is 391 g/mol. The van der Waals surface area contributed by atoms with Gasteiger partial charge in [0.2, 0.25) is 5.91 Å². The lowest BCUT2D eigenvalue weighted by Crippen LogP contribution is -2.26. The Morgan fingerprint density at radius 3 is 2.73 bits per heavy atom. The fraction of sp³-hybridized carbons (Fsp3) is 0.500. The van der Waals surface area contributed by atoms with Crippen molar-refractivity contribution in [2.45, 2.75) is 45.3 Å². The minimum absolute atomic E-state index is 0.00798. The Kier molecular flexibility index (Phi) is 8.25. The maximum atomic E-state index is 12.0. The highest BCUT2D eigenvalue weighted by atomic mass is 35.5. The Labute approximate surface area is 168 Å². The average molecular weight is 415 g/mol. The van der Waals surface area contributed by atoms with Gasteiger partial charge >= 0.3 is 0 Å². The molecular formula is C18H24Cl2N4OS. The van der Waals surface area contributed by atoms with Gasteiger partial charge in [0.15, 0.2) is 11.0 Å². The van der Waals surface area contributed by atoms with Gasteiger partial charge in [-0.3, -0.25) is 4.79 Å². The van der Waals surface area contributed by atoms with Gasteiger partial charge in [0.05, 0.1) is 10.8 Å². The summed E-state index contributed by atoms with van der Waals surface area (Å²) in [6, 6.07) is 5.32. The van der Waals surface area contributed by atoms with Crippen molar-refractivity contribution in [1.82, 2.24) is 20.1 Å². The van der Waals surface area contributed by atoms with E-state index in [9.17, 15) is 4.79 Å². The number of amides is 1. The first-order valence-electron chi connectivity index (χ1n) is 8.70. The van der Waals surface area contributed by atoms with Crippen LogP contribution in [0.3, 0.4) is 0 Å². The summed E-state index contributed by atoms with van der Waals surface area (Å²) in [6.45, 7) is 7.79. The van der Waals surface area contributed by atoms with E-state index >= 15 is 0 Å². The first kappa shape index (κ1) is 21.1. The highest BCUT2D eigenvalue weighted by Crippen LogP contribution is 2.31. The molecule has 0 bridgehead atoms. The van der Waals surface area contributed by atoms with E-state index < -0.39 is 0 Å². The minimum atomic E-state index is 0.00798. The molecule has 1 heterocycles. The third-order valence-electron chi connectivity index (χ3n) is 3.62. The fourth-order valence-electron chi connectivity index (χ4n) is 2.38. The monoisotopic (exact) mass is 414 g/mol. The second-order valence-electron chi connectivity index (χ2n) is 6.43. The summed E-state index contributed by atoms with van der Waals surface area (Å²) in [4.78, 5) is 12.0. The second kappa shape index (κ2) is 10.2. The Balaban J connectivity index is 2.19. The van der Waals surface area contributed by atoms with Crippen molar-refractivity contribution in [3.63, 3.8) is 0 Å². The van der Waals surface area contributed by atoms with Crippen LogP contribution in [0.15, 0.2) is 23.4 Å². The number of nitrogens with zero attached hydrogens (tertiary/aromatic N) is 3. The molecule has 0 radical (unpaired) electrons. The van der Waals surface area contributed by atoms with E-state index in [2.05, 4.69) is 36.3 Å². The number of hydrogen-bond acceptors (Lipinski definition) is 4. The molecule has 0 saturated carbocycles. The van der Waals surface area contributed by atoms with Gasteiger partial charge < -0.3 is 9.88 Å². The van der Waals surface area contributed by atoms with Crippen LogP contribution in [-0.2, 0) is 11.3 Å². The van der Waals surface area contributed by atoms with Gasteiger partial charge in [-0.15, -0.1) is 10.2 Å². The summed E-state index contributed by atoms with van der Waals surface area (Å²) in [7, 11) is 0. The number of aromatic nitrogens is 3. The molecule has 2 rings (SSSR count). The van der Waals surface area contributed by atoms with Crippen molar-refractivity contribution >= 4 is 40.9 Å². The van der Waals surface area contributed by atoms with Gasteiger partial charge in [-0.1, -0.05) is 62.2 Å². The van der Waals surface area contributed by atoms with Gasteiger partial charge in [-0.05, 0) is 30.5 Å². The standard InChI is InChI=1S/C18H24Cl2N4OS/c1-4-5-8-21-16(25)11-26-18-23-22-17(24(18)10-12(2)3)14-7-6-13(19)9-15(14)20/h6-7,9,12H,4-5,8,10-11H2,1-3H3,(H,21,25). The largest absolute Gasteiger partial charge is 0.355 e. The molecule has 1 N–H and O–H groups in total. The van der Waals surface area contributed by atoms with Crippen LogP contribution in [0.4, 0.5) is 0 Å². The van der Waals surface area contributed by atoms with E-state index in [0.717, 1.165) is 24.9 Å². The Morgan fingerprint density at radius 2 is 2.08 bits per heavy atom. The molecule has 0 aliphatic rings. The van der Waals surface area contributed by atoms with Crippen molar-refractivity contribution in [3.8, 4) is 11.4 Å². The van der Waals surface area contributed by atoms with Crippen molar-refractivity contribution in [1.29, 1.82) is 0 Å². The molecule has 5 nitrogen and oxygen atoms in total. The van der Waals surface area contributed by atoms with Gasteiger partial charge in [0.25, 0.3) is 0 Å². The molecule has 8 heteroatoms. The maximum Gasteiger partial charge on any atom is 0.230 e. The molecule has 0 saturated heterocycles. The van der Waals surface area contributed by atoms with E-state index in [1.54, 1.807) is 12.1 Å². The number of halogens is 2. The second-order valence-corrected chi connectivity index (χ2v) is 8.21. The normalized spacial score (nSPS) is 11.2. The van der Waals surface area contributed by atoms with Gasteiger partial charge in [-0.25, -0.2) is 0 Å². The summed E-state index contributed by atoms with van der Waals surface area (Å²) in [5.41, 5.74) is 0.781. The highest BCUT2D eigenvalue weighted by Gasteiger charge is 2.18. The molecule has 1 amide bonds. The lowest BCUT2D eigenvalue weighted by Gasteiger charge is -2.13. The van der Waals surface area contributed by atoms with Crippen LogP contribution >= 0.6 is 35.0 Å². The van der Waals surface area contributed by atoms with E-state index in [4.69, 9.17) is 23.2 Å². The first-order chi connectivity index (χ1) is 12.4. The van der Waals surface area contributed by atoms with Crippen molar-refractivity contribution in [2.75, 3.05) is 12.3 Å². The number of hydrogen-bond donors (Lipinski definition) is 1. The number of benzene rings is 1. The SMILES string of the molecule is CCCCNC(=O)CSc1nnc(-c2ccc(Cl)cc2Cl)n1CC(C)C. The van der Waals surface area contributed by atoms with Crippen molar-refractivity contribution < 1.29 is 4.79 Å². The van der Waals surface area contributed by atoms with Crippen LogP contribution in [0.25, 0.3) is 11.4 Å². The van der Waals surface area contributed by atoms with Crippen LogP contribution in [0, 0.1) is 5.92 Å². The van der Waals surface area contributed by atoms with Crippen molar-refractivity contribution in [2.24, 2.45) is 5.92 Å². The zero-order valence-electron chi connectivity index (χ0n) is 15.3. The van der Waals surface area contributed by atoms with Crippen LogP contribution in [0.5, 0.6) is 0 Å². The Hall–Kier alpha value is -1.24. The molecule has 0 aliphatic carbocycles. The molecule has 26 heavy (non-hydrogen) atoms. The number of carbonyl (C=O) groups is 1. The topological polar surface area (TPSA) is 59.8 Å². The quantitative estimate of drug-likeness (QED) is 0.467. The molecule has 0 unspecified atom stereocenters. The molecule has 0 atom stereocenters. The average Bonchev–Trinajstić information content (AvgIpc) is 2.95. The first-order valence-corrected chi connectivity index (χ1v) is 10.4. The van der Waals surface area contributed by atoms with Crippen molar-refractivity contribution in [3.05, 3.63) is 28.2 Å². The zero-order valence-corrected chi connectivity index (χ0v) is 17.6. The smallest absolute Gasteiger partial charge is 0.230 e. The van der Waals surface area contributed by atoms with Gasteiger partial charge in [-0.2, -0.15) is 0 Å². The number of unbranched alkanes of at least 4 members (excludes halogenated alkanes) is 1. The van der Waals surface area contributed by atoms with E-state index in [1.807, 2.05) is 10.6 Å². The van der Waals surface area contributed by atoms with Crippen LogP contribution < -0.4 is 5.32 Å². The van der Waals surface area contributed by atoms with Gasteiger partial charge in [0, 0.05) is 23.7 Å². The van der Waals surface area contributed by atoms with E-state index in [1.165, 1.54) is 11.8 Å². The third kappa shape index (κ3) is 5.89. The lowest BCUT2D eigenvalue weighted by molar-refractivity contribution is -0.118. The third-order valence-corrected chi connectivity index (χ3v) is 5.14. The predicted octanol–water partition coefficient (Wildman–Crippen LogP) is 4.92. The summed E-state index contributed by atoms with van der Waals surface area (Å²) in [5.74, 6) is 1.41. The lowest BCUT2D eigenvalue weighted by atomic mass is 10.2. The van der Waals surface area contributed by atoms with Crippen LogP contribution in [-0.4, -0.2) is 33.0 Å². The molecule has 1 aromatic heterocycles. The van der Waals surface area contributed by atoms with Gasteiger partial charge in [0.1, 0.15) is 0 Å². The fourth-order valence-corrected chi connectivity index (χ4v) is 3.65. The Morgan fingerprint density at radius 1 is 1.31 bits per heavy atom. The Bertz CT molecular complexity index is 749. The van der Waals surface area contributed by atoms with E-state index in [-0.39, 0.29) is 5.91 Å². The number of carbonyl (C=O) groups excluding carboxylic acids is 1. The minimum Gasteiger partial charge on any atom is -0.355 e. The molecule has 1 aromatic carbocycles. The number of nitrogens with one attached hydrogen (secondary N) is 1. The molecule has 142 valence electrons. The highest BCUT2D eigenvalue weighted by molar-refractivity contribution is 7.99. The van der Waals surface area contributed by atoms with Crippen LogP contribution in [0.1, 0.15) is 33.6 Å². The van der Waals surface area contributed by atoms with Crippen LogP contribution in [0.2, 0.25) is 10.0 Å². The maximum absolute atomic E-state index is 12.0. The number of thioether (sulfide) groups is 1. The van der Waals surface area contributed by atoms with E-state index in [0.29, 0.717) is 39.2 Å². The summed E-state index contributed by atoms with van der Waals surface area (Å²) in [5, 5.41) is 13.3. The zero-order chi connectivity index (χ0) is 19.1.